The van der Waals surface area contributed by atoms with Gasteiger partial charge in [-0.3, -0.25) is 4.79 Å². The van der Waals surface area contributed by atoms with E-state index in [1.807, 2.05) is 12.1 Å². The fraction of sp³-hybridized carbons (Fsp3) is 0.667. The van der Waals surface area contributed by atoms with Gasteiger partial charge < -0.3 is 9.64 Å². The van der Waals surface area contributed by atoms with Gasteiger partial charge in [-0.25, -0.2) is 0 Å². The molecule has 3 nitrogen and oxygen atoms in total. The molecule has 1 aromatic rings. The predicted molar refractivity (Wildman–Crippen MR) is 92.9 cm³/mol. The van der Waals surface area contributed by atoms with Crippen molar-refractivity contribution in [3.05, 3.63) is 29.8 Å². The minimum Gasteiger partial charge on any atom is -0.496 e. The van der Waals surface area contributed by atoms with Gasteiger partial charge in [-0.1, -0.05) is 18.2 Å². The van der Waals surface area contributed by atoms with Crippen LogP contribution >= 0.6 is 0 Å². The zero-order chi connectivity index (χ0) is 16.3. The Morgan fingerprint density at radius 1 is 1.00 bits per heavy atom. The number of rotatable bonds is 3. The summed E-state index contributed by atoms with van der Waals surface area (Å²) in [5.41, 5.74) is 1.22. The van der Waals surface area contributed by atoms with Gasteiger partial charge in [0, 0.05) is 18.5 Å². The lowest BCUT2D eigenvalue weighted by atomic mass is 9.68. The number of carbonyl (C=O) groups excluding carboxylic acids is 1. The quantitative estimate of drug-likeness (QED) is 0.845. The van der Waals surface area contributed by atoms with Crippen molar-refractivity contribution in [2.75, 3.05) is 13.7 Å². The van der Waals surface area contributed by atoms with E-state index in [9.17, 15) is 4.79 Å². The number of benzene rings is 1. The molecule has 3 saturated carbocycles. The maximum atomic E-state index is 13.2. The van der Waals surface area contributed by atoms with E-state index in [2.05, 4.69) is 17.0 Å². The van der Waals surface area contributed by atoms with Crippen LogP contribution in [0.4, 0.5) is 0 Å². The molecule has 128 valence electrons. The molecule has 2 unspecified atom stereocenters. The molecule has 0 radical (unpaired) electrons. The Balaban J connectivity index is 1.34. The monoisotopic (exact) mass is 325 g/mol. The highest BCUT2D eigenvalue weighted by molar-refractivity contribution is 5.83. The number of para-hydroxylation sites is 1. The number of amides is 1. The van der Waals surface area contributed by atoms with Crippen LogP contribution in [0, 0.1) is 23.7 Å². The molecule has 3 aliphatic carbocycles. The zero-order valence-corrected chi connectivity index (χ0v) is 14.5. The first-order valence-corrected chi connectivity index (χ1v) is 9.66. The number of hydrogen-bond donors (Lipinski definition) is 0. The first-order valence-electron chi connectivity index (χ1n) is 9.66. The van der Waals surface area contributed by atoms with E-state index in [0.29, 0.717) is 17.9 Å². The van der Waals surface area contributed by atoms with Crippen LogP contribution in [0.15, 0.2) is 24.3 Å². The van der Waals surface area contributed by atoms with Crippen LogP contribution in [0.3, 0.4) is 0 Å². The minimum absolute atomic E-state index is 0.192. The molecular formula is C21H27NO2. The molecule has 2 aliphatic heterocycles. The van der Waals surface area contributed by atoms with Gasteiger partial charge in [0.05, 0.1) is 7.11 Å². The SMILES string of the molecule is COc1ccccc1[C@H]1C[C@@H]1C(=O)N1CC2C[C@@H]3CC1C[C@H](C2)C3. The maximum absolute atomic E-state index is 13.2. The number of ether oxygens (including phenoxy) is 1. The van der Waals surface area contributed by atoms with E-state index < -0.39 is 0 Å². The van der Waals surface area contributed by atoms with Crippen LogP contribution in [-0.2, 0) is 4.79 Å². The highest BCUT2D eigenvalue weighted by Gasteiger charge is 2.51. The molecule has 24 heavy (non-hydrogen) atoms. The van der Waals surface area contributed by atoms with Crippen molar-refractivity contribution in [1.29, 1.82) is 0 Å². The molecule has 6 atom stereocenters. The molecule has 5 fully saturated rings. The fourth-order valence-electron chi connectivity index (χ4n) is 6.05. The number of methoxy groups -OCH3 is 1. The first kappa shape index (κ1) is 14.8. The van der Waals surface area contributed by atoms with Gasteiger partial charge in [-0.2, -0.15) is 0 Å². The number of hydrogen-bond acceptors (Lipinski definition) is 2. The van der Waals surface area contributed by atoms with Crippen LogP contribution in [0.2, 0.25) is 0 Å². The van der Waals surface area contributed by atoms with Gasteiger partial charge in [-0.05, 0) is 73.8 Å². The van der Waals surface area contributed by atoms with Gasteiger partial charge in [0.25, 0.3) is 0 Å². The van der Waals surface area contributed by atoms with Gasteiger partial charge in [0.2, 0.25) is 5.91 Å². The lowest BCUT2D eigenvalue weighted by Crippen LogP contribution is -2.43. The zero-order valence-electron chi connectivity index (χ0n) is 14.5. The Bertz CT molecular complexity index is 643. The highest BCUT2D eigenvalue weighted by Crippen LogP contribution is 2.53. The van der Waals surface area contributed by atoms with Crippen molar-refractivity contribution in [2.24, 2.45) is 23.7 Å². The molecule has 3 heteroatoms. The Labute approximate surface area is 144 Å². The standard InChI is InChI=1S/C21H27NO2/c1-24-20-5-3-2-4-17(20)18-11-19(18)21(23)22-12-15-7-13-6-14(8-15)10-16(22)9-13/h2-5,13-16,18-19H,6-12H2,1H3/t13-,14+,15?,16?,18-,19+/m1/s1. The first-order chi connectivity index (χ1) is 11.7. The Hall–Kier alpha value is -1.51. The summed E-state index contributed by atoms with van der Waals surface area (Å²) in [6.45, 7) is 1.03. The van der Waals surface area contributed by atoms with E-state index in [1.54, 1.807) is 7.11 Å². The van der Waals surface area contributed by atoms with Crippen LogP contribution in [0.25, 0.3) is 0 Å². The lowest BCUT2D eigenvalue weighted by Gasteiger charge is -2.39. The van der Waals surface area contributed by atoms with Gasteiger partial charge in [0.1, 0.15) is 5.75 Å². The highest BCUT2D eigenvalue weighted by atomic mass is 16.5. The normalized spacial score (nSPS) is 39.6. The van der Waals surface area contributed by atoms with E-state index in [4.69, 9.17) is 4.74 Å². The summed E-state index contributed by atoms with van der Waals surface area (Å²) < 4.78 is 5.50. The smallest absolute Gasteiger partial charge is 0.226 e. The van der Waals surface area contributed by atoms with Crippen molar-refractivity contribution in [1.82, 2.24) is 4.90 Å². The second kappa shape index (κ2) is 5.50. The van der Waals surface area contributed by atoms with Gasteiger partial charge in [0.15, 0.2) is 0 Å². The molecule has 1 aromatic carbocycles. The molecule has 0 N–H and O–H groups in total. The van der Waals surface area contributed by atoms with E-state index >= 15 is 0 Å². The third-order valence-electron chi connectivity index (χ3n) is 7.04. The Kier molecular flexibility index (Phi) is 3.39. The van der Waals surface area contributed by atoms with E-state index in [1.165, 1.54) is 37.7 Å². The summed E-state index contributed by atoms with van der Waals surface area (Å²) in [6.07, 6.45) is 7.71. The lowest BCUT2D eigenvalue weighted by molar-refractivity contribution is -0.135. The van der Waals surface area contributed by atoms with Crippen LogP contribution in [-0.4, -0.2) is 30.5 Å². The Morgan fingerprint density at radius 3 is 2.46 bits per heavy atom. The van der Waals surface area contributed by atoms with Crippen LogP contribution in [0.1, 0.15) is 50.0 Å². The van der Waals surface area contributed by atoms with E-state index in [0.717, 1.165) is 36.5 Å². The topological polar surface area (TPSA) is 29.5 Å². The van der Waals surface area contributed by atoms with Gasteiger partial charge >= 0.3 is 0 Å². The summed E-state index contributed by atoms with van der Waals surface area (Å²) in [7, 11) is 1.72. The third-order valence-corrected chi connectivity index (χ3v) is 7.04. The minimum atomic E-state index is 0.192. The summed E-state index contributed by atoms with van der Waals surface area (Å²) in [5.74, 6) is 4.50. The van der Waals surface area contributed by atoms with Crippen LogP contribution < -0.4 is 4.74 Å². The second-order valence-corrected chi connectivity index (χ2v) is 8.61. The van der Waals surface area contributed by atoms with Crippen LogP contribution in [0.5, 0.6) is 5.75 Å². The fourth-order valence-corrected chi connectivity index (χ4v) is 6.05. The molecule has 5 aliphatic rings. The van der Waals surface area contributed by atoms with Crippen molar-refractivity contribution in [3.63, 3.8) is 0 Å². The van der Waals surface area contributed by atoms with Crippen molar-refractivity contribution >= 4 is 5.91 Å². The summed E-state index contributed by atoms with van der Waals surface area (Å²) in [4.78, 5) is 15.6. The second-order valence-electron chi connectivity index (χ2n) is 8.61. The van der Waals surface area contributed by atoms with Gasteiger partial charge in [-0.15, -0.1) is 0 Å². The largest absolute Gasteiger partial charge is 0.496 e. The number of carbonyl (C=O) groups is 1. The average Bonchev–Trinajstić information content (AvgIpc) is 3.40. The average molecular weight is 325 g/mol. The summed E-state index contributed by atoms with van der Waals surface area (Å²) in [5, 5.41) is 0. The molecule has 0 spiro atoms. The predicted octanol–water partition coefficient (Wildman–Crippen LogP) is 3.84. The summed E-state index contributed by atoms with van der Waals surface area (Å²) >= 11 is 0. The van der Waals surface area contributed by atoms with Crippen molar-refractivity contribution in [3.8, 4) is 5.75 Å². The molecule has 6 rings (SSSR count). The Morgan fingerprint density at radius 2 is 1.71 bits per heavy atom. The van der Waals surface area contributed by atoms with Crippen molar-refractivity contribution < 1.29 is 9.53 Å². The maximum Gasteiger partial charge on any atom is 0.226 e. The molecule has 2 heterocycles. The molecule has 2 saturated heterocycles. The summed E-state index contributed by atoms with van der Waals surface area (Å²) in [6, 6.07) is 8.75. The molecule has 4 bridgehead atoms. The third kappa shape index (κ3) is 2.35. The molecule has 1 amide bonds. The van der Waals surface area contributed by atoms with Crippen molar-refractivity contribution in [2.45, 2.75) is 50.5 Å². The number of nitrogens with zero attached hydrogens (tertiary/aromatic N) is 1. The molecular weight excluding hydrogens is 298 g/mol. The molecule has 0 aromatic heterocycles. The van der Waals surface area contributed by atoms with E-state index in [-0.39, 0.29) is 5.92 Å². The number of fused-ring (bicyclic) bond motifs is 1.